The van der Waals surface area contributed by atoms with Crippen molar-refractivity contribution in [2.75, 3.05) is 18.0 Å². The molecule has 5 rings (SSSR count). The van der Waals surface area contributed by atoms with Gasteiger partial charge in [0.15, 0.2) is 0 Å². The second-order valence-electron chi connectivity index (χ2n) is 9.07. The van der Waals surface area contributed by atoms with Crippen molar-refractivity contribution in [2.24, 2.45) is 5.92 Å². The number of carbonyl (C=O) groups excluding carboxylic acids is 1. The van der Waals surface area contributed by atoms with Crippen molar-refractivity contribution in [3.8, 4) is 22.8 Å². The molecule has 1 aliphatic heterocycles. The average molecular weight is 468 g/mol. The van der Waals surface area contributed by atoms with Gasteiger partial charge in [-0.15, -0.1) is 0 Å². The molecule has 4 aromatic rings. The van der Waals surface area contributed by atoms with Gasteiger partial charge in [-0.05, 0) is 49.9 Å². The average Bonchev–Trinajstić information content (AvgIpc) is 3.39. The van der Waals surface area contributed by atoms with Crippen molar-refractivity contribution in [3.63, 3.8) is 0 Å². The van der Waals surface area contributed by atoms with Crippen LogP contribution in [0.1, 0.15) is 29.5 Å². The Bertz CT molecular complexity index is 1310. The zero-order valence-electron chi connectivity index (χ0n) is 20.1. The van der Waals surface area contributed by atoms with Gasteiger partial charge in [-0.3, -0.25) is 4.79 Å². The molecule has 7 heteroatoms. The summed E-state index contributed by atoms with van der Waals surface area (Å²) in [5, 5.41) is 7.30. The van der Waals surface area contributed by atoms with E-state index in [-0.39, 0.29) is 11.8 Å². The molecule has 1 saturated heterocycles. The number of anilines is 1. The third-order valence-corrected chi connectivity index (χ3v) is 6.63. The van der Waals surface area contributed by atoms with Crippen LogP contribution in [0, 0.1) is 19.8 Å². The lowest BCUT2D eigenvalue weighted by molar-refractivity contribution is -0.125. The molecule has 0 aliphatic carbocycles. The second-order valence-corrected chi connectivity index (χ2v) is 9.07. The zero-order chi connectivity index (χ0) is 24.2. The van der Waals surface area contributed by atoms with E-state index in [4.69, 9.17) is 4.52 Å². The first-order valence-corrected chi connectivity index (χ1v) is 12.0. The minimum atomic E-state index is -0.000949. The Hall–Kier alpha value is -4.00. The highest BCUT2D eigenvalue weighted by Gasteiger charge is 2.27. The van der Waals surface area contributed by atoms with Gasteiger partial charge >= 0.3 is 0 Å². The summed E-state index contributed by atoms with van der Waals surface area (Å²) < 4.78 is 5.62. The number of piperidine rings is 1. The fraction of sp³-hybridized carbons (Fsp3) is 0.286. The Kier molecular flexibility index (Phi) is 6.57. The van der Waals surface area contributed by atoms with Crippen molar-refractivity contribution in [3.05, 3.63) is 83.6 Å². The first kappa shape index (κ1) is 22.8. The van der Waals surface area contributed by atoms with Crippen molar-refractivity contribution < 1.29 is 9.32 Å². The molecule has 1 amide bonds. The highest BCUT2D eigenvalue weighted by molar-refractivity contribution is 5.79. The lowest BCUT2D eigenvalue weighted by atomic mass is 9.95. The van der Waals surface area contributed by atoms with Gasteiger partial charge in [0.25, 0.3) is 5.89 Å². The summed E-state index contributed by atoms with van der Waals surface area (Å²) in [6.45, 7) is 6.16. The number of nitrogens with zero attached hydrogens (tertiary/aromatic N) is 4. The minimum absolute atomic E-state index is 0.000949. The Morgan fingerprint density at radius 1 is 1.03 bits per heavy atom. The smallest absolute Gasteiger partial charge is 0.261 e. The predicted octanol–water partition coefficient (Wildman–Crippen LogP) is 4.95. The number of aryl methyl sites for hydroxylation is 2. The normalized spacial score (nSPS) is 14.2. The van der Waals surface area contributed by atoms with Crippen LogP contribution in [-0.4, -0.2) is 34.1 Å². The molecule has 0 bridgehead atoms. The van der Waals surface area contributed by atoms with E-state index in [0.29, 0.717) is 18.3 Å². The number of nitrogens with one attached hydrogen (secondary N) is 1. The van der Waals surface area contributed by atoms with Crippen LogP contribution in [0.5, 0.6) is 0 Å². The van der Waals surface area contributed by atoms with Crippen LogP contribution in [0.2, 0.25) is 0 Å². The molecular weight excluding hydrogens is 438 g/mol. The predicted molar refractivity (Wildman–Crippen MR) is 136 cm³/mol. The maximum atomic E-state index is 12.8. The second kappa shape index (κ2) is 10.1. The first-order valence-electron chi connectivity index (χ1n) is 12.0. The maximum absolute atomic E-state index is 12.8. The molecule has 1 fully saturated rings. The Morgan fingerprint density at radius 3 is 2.57 bits per heavy atom. The third-order valence-electron chi connectivity index (χ3n) is 6.63. The minimum Gasteiger partial charge on any atom is -0.356 e. The molecule has 35 heavy (non-hydrogen) atoms. The molecule has 7 nitrogen and oxygen atoms in total. The van der Waals surface area contributed by atoms with E-state index in [0.717, 1.165) is 48.4 Å². The van der Waals surface area contributed by atoms with E-state index < -0.39 is 0 Å². The van der Waals surface area contributed by atoms with Gasteiger partial charge in [0.2, 0.25) is 11.7 Å². The summed E-state index contributed by atoms with van der Waals surface area (Å²) in [4.78, 5) is 24.3. The highest BCUT2D eigenvalue weighted by atomic mass is 16.5. The molecule has 0 saturated carbocycles. The van der Waals surface area contributed by atoms with Gasteiger partial charge in [0.05, 0.1) is 5.56 Å². The van der Waals surface area contributed by atoms with Crippen LogP contribution in [0.15, 0.2) is 71.4 Å². The number of hydrogen-bond donors (Lipinski definition) is 1. The molecule has 178 valence electrons. The summed E-state index contributed by atoms with van der Waals surface area (Å²) >= 11 is 0. The van der Waals surface area contributed by atoms with E-state index in [2.05, 4.69) is 44.4 Å². The number of hydrogen-bond acceptors (Lipinski definition) is 6. The fourth-order valence-electron chi connectivity index (χ4n) is 4.46. The highest BCUT2D eigenvalue weighted by Crippen LogP contribution is 2.32. The summed E-state index contributed by atoms with van der Waals surface area (Å²) in [6, 6.07) is 20.0. The molecule has 2 aromatic heterocycles. The monoisotopic (exact) mass is 467 g/mol. The number of rotatable bonds is 6. The van der Waals surface area contributed by atoms with E-state index in [1.165, 1.54) is 11.1 Å². The van der Waals surface area contributed by atoms with E-state index in [1.54, 1.807) is 6.20 Å². The summed E-state index contributed by atoms with van der Waals surface area (Å²) in [6.07, 6.45) is 3.32. The van der Waals surface area contributed by atoms with Gasteiger partial charge in [0, 0.05) is 37.3 Å². The van der Waals surface area contributed by atoms with Gasteiger partial charge in [-0.1, -0.05) is 59.3 Å². The molecule has 0 unspecified atom stereocenters. The molecule has 1 aliphatic rings. The van der Waals surface area contributed by atoms with Crippen LogP contribution in [0.4, 0.5) is 5.82 Å². The maximum Gasteiger partial charge on any atom is 0.261 e. The molecular formula is C28H29N5O2. The van der Waals surface area contributed by atoms with Crippen LogP contribution in [-0.2, 0) is 11.3 Å². The lowest BCUT2D eigenvalue weighted by Crippen LogP contribution is -2.40. The Morgan fingerprint density at radius 2 is 1.80 bits per heavy atom. The molecule has 3 heterocycles. The Labute approximate surface area is 205 Å². The first-order chi connectivity index (χ1) is 17.1. The molecule has 0 atom stereocenters. The summed E-state index contributed by atoms with van der Waals surface area (Å²) in [5.41, 5.74) is 5.24. The number of pyridine rings is 1. The lowest BCUT2D eigenvalue weighted by Gasteiger charge is -2.32. The van der Waals surface area contributed by atoms with Crippen molar-refractivity contribution >= 4 is 11.7 Å². The molecule has 2 aromatic carbocycles. The summed E-state index contributed by atoms with van der Waals surface area (Å²) in [7, 11) is 0. The largest absolute Gasteiger partial charge is 0.356 e. The van der Waals surface area contributed by atoms with Gasteiger partial charge in [-0.2, -0.15) is 4.98 Å². The van der Waals surface area contributed by atoms with Crippen molar-refractivity contribution in [1.29, 1.82) is 0 Å². The van der Waals surface area contributed by atoms with Gasteiger partial charge in [-0.25, -0.2) is 4.98 Å². The van der Waals surface area contributed by atoms with Crippen molar-refractivity contribution in [2.45, 2.75) is 33.2 Å². The summed E-state index contributed by atoms with van der Waals surface area (Å²) in [5.74, 6) is 1.93. The number of carbonyl (C=O) groups is 1. The Balaban J connectivity index is 1.24. The quantitative estimate of drug-likeness (QED) is 0.432. The standard InChI is InChI=1S/C28H29N5O2/c1-19-9-11-21(12-10-19)25-31-28(35-32-25)24-8-5-15-29-26(24)33-16-13-22(14-17-33)27(34)30-18-23-7-4-3-6-20(23)2/h3-12,15,22H,13-14,16-18H2,1-2H3,(H,30,34). The van der Waals surface area contributed by atoms with Crippen LogP contribution < -0.4 is 10.2 Å². The number of amides is 1. The molecule has 0 spiro atoms. The van der Waals surface area contributed by atoms with Gasteiger partial charge < -0.3 is 14.7 Å². The molecule has 1 N–H and O–H groups in total. The third kappa shape index (κ3) is 5.09. The number of benzene rings is 2. The van der Waals surface area contributed by atoms with E-state index >= 15 is 0 Å². The van der Waals surface area contributed by atoms with Crippen LogP contribution in [0.25, 0.3) is 22.8 Å². The van der Waals surface area contributed by atoms with Crippen LogP contribution >= 0.6 is 0 Å². The fourth-order valence-corrected chi connectivity index (χ4v) is 4.46. The van der Waals surface area contributed by atoms with Gasteiger partial charge in [0.1, 0.15) is 5.82 Å². The number of aromatic nitrogens is 3. The van der Waals surface area contributed by atoms with E-state index in [1.807, 2.05) is 55.5 Å². The van der Waals surface area contributed by atoms with E-state index in [9.17, 15) is 4.79 Å². The van der Waals surface area contributed by atoms with Crippen molar-refractivity contribution in [1.82, 2.24) is 20.4 Å². The molecule has 0 radical (unpaired) electrons. The van der Waals surface area contributed by atoms with Crippen LogP contribution in [0.3, 0.4) is 0 Å². The SMILES string of the molecule is Cc1ccc(-c2noc(-c3cccnc3N3CCC(C(=O)NCc4ccccc4C)CC3)n2)cc1. The topological polar surface area (TPSA) is 84.2 Å². The zero-order valence-corrected chi connectivity index (χ0v) is 20.1.